The van der Waals surface area contributed by atoms with Crippen molar-refractivity contribution in [3.8, 4) is 5.75 Å². The third-order valence-electron chi connectivity index (χ3n) is 3.44. The van der Waals surface area contributed by atoms with Crippen molar-refractivity contribution in [1.29, 1.82) is 0 Å². The predicted molar refractivity (Wildman–Crippen MR) is 79.6 cm³/mol. The molecule has 2 atom stereocenters. The van der Waals surface area contributed by atoms with E-state index in [1.54, 1.807) is 7.11 Å². The molecule has 0 amide bonds. The van der Waals surface area contributed by atoms with Gasteiger partial charge in [0.05, 0.1) is 11.9 Å². The van der Waals surface area contributed by atoms with Crippen molar-refractivity contribution in [2.45, 2.75) is 44.4 Å². The van der Waals surface area contributed by atoms with Crippen molar-refractivity contribution in [3.05, 3.63) is 29.8 Å². The van der Waals surface area contributed by atoms with Crippen LogP contribution >= 0.6 is 0 Å². The lowest BCUT2D eigenvalue weighted by molar-refractivity contribution is 0.408. The molecule has 1 heterocycles. The van der Waals surface area contributed by atoms with Gasteiger partial charge in [-0.15, -0.1) is 0 Å². The highest BCUT2D eigenvalue weighted by atomic mass is 32.2. The highest BCUT2D eigenvalue weighted by molar-refractivity contribution is 7.84. The van der Waals surface area contributed by atoms with Gasteiger partial charge < -0.3 is 4.74 Å². The van der Waals surface area contributed by atoms with Gasteiger partial charge in [0, 0.05) is 12.6 Å². The van der Waals surface area contributed by atoms with Crippen LogP contribution < -0.4 is 4.74 Å². The van der Waals surface area contributed by atoms with Crippen LogP contribution in [-0.4, -0.2) is 26.9 Å². The number of rotatable bonds is 3. The molecule has 0 bridgehead atoms. The van der Waals surface area contributed by atoms with Gasteiger partial charge in [-0.2, -0.15) is 0 Å². The molecule has 0 N–H and O–H groups in total. The Kier molecular flexibility index (Phi) is 4.31. The van der Waals surface area contributed by atoms with Crippen LogP contribution in [0, 0.1) is 0 Å². The summed E-state index contributed by atoms with van der Waals surface area (Å²) in [7, 11) is 0.724. The van der Waals surface area contributed by atoms with E-state index in [2.05, 4.69) is 16.4 Å². The fourth-order valence-electron chi connectivity index (χ4n) is 2.45. The highest BCUT2D eigenvalue weighted by Gasteiger charge is 2.35. The molecule has 19 heavy (non-hydrogen) atoms. The van der Waals surface area contributed by atoms with Crippen LogP contribution in [0.25, 0.3) is 0 Å². The molecule has 1 aliphatic rings. The van der Waals surface area contributed by atoms with Crippen molar-refractivity contribution < 1.29 is 8.95 Å². The molecule has 2 rings (SSSR count). The maximum Gasteiger partial charge on any atom is 0.118 e. The summed E-state index contributed by atoms with van der Waals surface area (Å²) in [5.41, 5.74) is 1.23. The molecule has 1 aromatic rings. The number of benzene rings is 1. The lowest BCUT2D eigenvalue weighted by atomic mass is 10.1. The molecule has 1 aliphatic heterocycles. The van der Waals surface area contributed by atoms with Gasteiger partial charge in [-0.1, -0.05) is 12.1 Å². The Balaban J connectivity index is 2.20. The SMILES string of the molecule is COc1ccc([C@H]2CCCN2S(=O)C(C)(C)C)cc1. The number of ether oxygens (including phenoxy) is 1. The average molecular weight is 281 g/mol. The Labute approximate surface area is 118 Å². The summed E-state index contributed by atoms with van der Waals surface area (Å²) in [6.07, 6.45) is 2.19. The van der Waals surface area contributed by atoms with Crippen molar-refractivity contribution in [2.75, 3.05) is 13.7 Å². The number of methoxy groups -OCH3 is 1. The first-order valence-electron chi connectivity index (χ1n) is 6.76. The quantitative estimate of drug-likeness (QED) is 0.851. The van der Waals surface area contributed by atoms with E-state index in [9.17, 15) is 4.21 Å². The molecular formula is C15H23NO2S. The lowest BCUT2D eigenvalue weighted by Gasteiger charge is -2.30. The second-order valence-corrected chi connectivity index (χ2v) is 8.13. The summed E-state index contributed by atoms with van der Waals surface area (Å²) in [6.45, 7) is 7.02. The Morgan fingerprint density at radius 1 is 1.26 bits per heavy atom. The Morgan fingerprint density at radius 2 is 1.89 bits per heavy atom. The molecule has 1 aromatic carbocycles. The fraction of sp³-hybridized carbons (Fsp3) is 0.600. The first kappa shape index (κ1) is 14.5. The summed E-state index contributed by atoms with van der Waals surface area (Å²) >= 11 is 0. The number of hydrogen-bond donors (Lipinski definition) is 0. The van der Waals surface area contributed by atoms with Crippen LogP contribution in [0.5, 0.6) is 5.75 Å². The highest BCUT2D eigenvalue weighted by Crippen LogP contribution is 2.36. The van der Waals surface area contributed by atoms with Crippen molar-refractivity contribution in [2.24, 2.45) is 0 Å². The third-order valence-corrected chi connectivity index (χ3v) is 5.35. The summed E-state index contributed by atoms with van der Waals surface area (Å²) in [5, 5.41) is 0. The summed E-state index contributed by atoms with van der Waals surface area (Å²) < 4.78 is 19.7. The lowest BCUT2D eigenvalue weighted by Crippen LogP contribution is -2.37. The minimum absolute atomic E-state index is 0.199. The largest absolute Gasteiger partial charge is 0.497 e. The second kappa shape index (κ2) is 5.63. The van der Waals surface area contributed by atoms with Crippen molar-refractivity contribution in [3.63, 3.8) is 0 Å². The molecular weight excluding hydrogens is 258 g/mol. The normalized spacial score (nSPS) is 22.4. The van der Waals surface area contributed by atoms with E-state index in [0.29, 0.717) is 0 Å². The van der Waals surface area contributed by atoms with Gasteiger partial charge in [0.1, 0.15) is 16.7 Å². The number of hydrogen-bond acceptors (Lipinski definition) is 2. The molecule has 0 aromatic heterocycles. The van der Waals surface area contributed by atoms with Gasteiger partial charge in [0.15, 0.2) is 0 Å². The fourth-order valence-corrected chi connectivity index (χ4v) is 3.91. The van der Waals surface area contributed by atoms with Crippen LogP contribution in [-0.2, 0) is 11.0 Å². The molecule has 0 spiro atoms. The summed E-state index contributed by atoms with van der Waals surface area (Å²) in [5.74, 6) is 0.866. The Bertz CT molecular complexity index is 450. The van der Waals surface area contributed by atoms with Crippen LogP contribution in [0.2, 0.25) is 0 Å². The van der Waals surface area contributed by atoms with E-state index in [1.807, 2.05) is 32.9 Å². The molecule has 0 radical (unpaired) electrons. The molecule has 0 saturated carbocycles. The molecule has 0 aliphatic carbocycles. The van der Waals surface area contributed by atoms with Crippen LogP contribution in [0.4, 0.5) is 0 Å². The Morgan fingerprint density at radius 3 is 2.42 bits per heavy atom. The first-order valence-corrected chi connectivity index (χ1v) is 7.87. The molecule has 3 nitrogen and oxygen atoms in total. The van der Waals surface area contributed by atoms with Crippen LogP contribution in [0.1, 0.15) is 45.2 Å². The zero-order chi connectivity index (χ0) is 14.0. The van der Waals surface area contributed by atoms with Gasteiger partial charge in [0.2, 0.25) is 0 Å². The van der Waals surface area contributed by atoms with Gasteiger partial charge in [-0.05, 0) is 51.3 Å². The van der Waals surface area contributed by atoms with E-state index in [1.165, 1.54) is 5.56 Å². The Hall–Kier alpha value is -0.870. The smallest absolute Gasteiger partial charge is 0.118 e. The zero-order valence-electron chi connectivity index (χ0n) is 12.2. The van der Waals surface area contributed by atoms with Crippen LogP contribution in [0.3, 0.4) is 0 Å². The minimum atomic E-state index is -0.948. The van der Waals surface area contributed by atoms with Crippen molar-refractivity contribution >= 4 is 11.0 Å². The zero-order valence-corrected chi connectivity index (χ0v) is 13.0. The van der Waals surface area contributed by atoms with Gasteiger partial charge in [-0.3, -0.25) is 0 Å². The molecule has 1 saturated heterocycles. The molecule has 4 heteroatoms. The topological polar surface area (TPSA) is 29.5 Å². The van der Waals surface area contributed by atoms with Crippen molar-refractivity contribution in [1.82, 2.24) is 4.31 Å². The van der Waals surface area contributed by atoms with E-state index < -0.39 is 11.0 Å². The van der Waals surface area contributed by atoms with E-state index >= 15 is 0 Å². The predicted octanol–water partition coefficient (Wildman–Crippen LogP) is 3.29. The summed E-state index contributed by atoms with van der Waals surface area (Å²) in [6, 6.07) is 8.40. The van der Waals surface area contributed by atoms with Crippen LogP contribution in [0.15, 0.2) is 24.3 Å². The van der Waals surface area contributed by atoms with Gasteiger partial charge in [-0.25, -0.2) is 8.51 Å². The second-order valence-electron chi connectivity index (χ2n) is 5.93. The maximum absolute atomic E-state index is 12.6. The monoisotopic (exact) mass is 281 g/mol. The molecule has 1 fully saturated rings. The maximum atomic E-state index is 12.6. The first-order chi connectivity index (χ1) is 8.93. The summed E-state index contributed by atoms with van der Waals surface area (Å²) in [4.78, 5) is 0. The third kappa shape index (κ3) is 3.18. The van der Waals surface area contributed by atoms with Gasteiger partial charge >= 0.3 is 0 Å². The van der Waals surface area contributed by atoms with E-state index in [-0.39, 0.29) is 10.8 Å². The number of nitrogens with zero attached hydrogens (tertiary/aromatic N) is 1. The standard InChI is InChI=1S/C15H23NO2S/c1-15(2,3)19(17)16-11-5-6-14(16)12-7-9-13(18-4)10-8-12/h7-10,14H,5-6,11H2,1-4H3/t14-,19?/m1/s1. The average Bonchev–Trinajstić information content (AvgIpc) is 2.85. The molecule has 1 unspecified atom stereocenters. The van der Waals surface area contributed by atoms with E-state index in [0.717, 1.165) is 25.1 Å². The van der Waals surface area contributed by atoms with E-state index in [4.69, 9.17) is 4.74 Å². The van der Waals surface area contributed by atoms with Gasteiger partial charge in [0.25, 0.3) is 0 Å². The minimum Gasteiger partial charge on any atom is -0.497 e. The molecule has 106 valence electrons.